The zero-order valence-corrected chi connectivity index (χ0v) is 11.8. The van der Waals surface area contributed by atoms with Crippen molar-refractivity contribution < 1.29 is 0 Å². The fourth-order valence-corrected chi connectivity index (χ4v) is 3.42. The number of nitrogens with one attached hydrogen (secondary N) is 1. The molecule has 2 aliphatic heterocycles. The average molecular weight is 239 g/mol. The van der Waals surface area contributed by atoms with Gasteiger partial charge in [-0.25, -0.2) is 0 Å². The Hall–Kier alpha value is -0.120. The van der Waals surface area contributed by atoms with Crippen LogP contribution in [-0.2, 0) is 0 Å². The molecule has 100 valence electrons. The molecular formula is C14H29N3. The summed E-state index contributed by atoms with van der Waals surface area (Å²) in [4.78, 5) is 5.11. The number of hydrogen-bond acceptors (Lipinski definition) is 3. The fourth-order valence-electron chi connectivity index (χ4n) is 3.42. The molecule has 2 fully saturated rings. The van der Waals surface area contributed by atoms with Gasteiger partial charge in [0.15, 0.2) is 0 Å². The third kappa shape index (κ3) is 3.67. The van der Waals surface area contributed by atoms with E-state index in [9.17, 15) is 0 Å². The maximum atomic E-state index is 3.47. The fraction of sp³-hybridized carbons (Fsp3) is 1.00. The van der Waals surface area contributed by atoms with Crippen LogP contribution < -0.4 is 5.32 Å². The van der Waals surface area contributed by atoms with E-state index in [-0.39, 0.29) is 0 Å². The summed E-state index contributed by atoms with van der Waals surface area (Å²) in [6.45, 7) is 8.68. The molecule has 0 spiro atoms. The third-order valence-electron chi connectivity index (χ3n) is 4.66. The van der Waals surface area contributed by atoms with Crippen molar-refractivity contribution in [2.45, 2.75) is 38.6 Å². The molecule has 0 aromatic rings. The molecule has 2 saturated heterocycles. The van der Waals surface area contributed by atoms with Gasteiger partial charge in [-0.3, -0.25) is 0 Å². The predicted octanol–water partition coefficient (Wildman–Crippen LogP) is 1.40. The molecule has 17 heavy (non-hydrogen) atoms. The lowest BCUT2D eigenvalue weighted by Gasteiger charge is -2.42. The minimum absolute atomic E-state index is 0.538. The van der Waals surface area contributed by atoms with Crippen molar-refractivity contribution in [1.82, 2.24) is 15.1 Å². The molecule has 0 saturated carbocycles. The smallest absolute Gasteiger partial charge is 0.0220 e. The van der Waals surface area contributed by atoms with Gasteiger partial charge in [-0.2, -0.15) is 0 Å². The van der Waals surface area contributed by atoms with Crippen LogP contribution in [0.4, 0.5) is 0 Å². The predicted molar refractivity (Wildman–Crippen MR) is 73.4 cm³/mol. The third-order valence-corrected chi connectivity index (χ3v) is 4.66. The zero-order chi connectivity index (χ0) is 12.3. The van der Waals surface area contributed by atoms with Crippen LogP contribution in [0.25, 0.3) is 0 Å². The van der Waals surface area contributed by atoms with Crippen molar-refractivity contribution in [3.05, 3.63) is 0 Å². The van der Waals surface area contributed by atoms with Crippen molar-refractivity contribution in [3.8, 4) is 0 Å². The summed E-state index contributed by atoms with van der Waals surface area (Å²) in [5.41, 5.74) is 0.538. The van der Waals surface area contributed by atoms with Gasteiger partial charge >= 0.3 is 0 Å². The first-order chi connectivity index (χ1) is 8.09. The molecule has 0 amide bonds. The van der Waals surface area contributed by atoms with Crippen LogP contribution >= 0.6 is 0 Å². The van der Waals surface area contributed by atoms with Crippen LogP contribution in [0.15, 0.2) is 0 Å². The summed E-state index contributed by atoms with van der Waals surface area (Å²) in [5.74, 6) is 0. The number of likely N-dealkylation sites (tertiary alicyclic amines) is 1. The highest BCUT2D eigenvalue weighted by atomic mass is 15.2. The lowest BCUT2D eigenvalue weighted by molar-refractivity contribution is 0.0779. The standard InChI is InChI=1S/C14H29N3/c1-14(6-8-15-9-7-14)12-17(3)13-5-4-10-16(2)11-13/h13,15H,4-12H2,1-3H3. The van der Waals surface area contributed by atoms with Gasteiger partial charge in [0.2, 0.25) is 0 Å². The normalized spacial score (nSPS) is 30.7. The van der Waals surface area contributed by atoms with Gasteiger partial charge in [0.1, 0.15) is 0 Å². The van der Waals surface area contributed by atoms with E-state index in [2.05, 4.69) is 36.1 Å². The molecule has 0 radical (unpaired) electrons. The molecule has 2 heterocycles. The summed E-state index contributed by atoms with van der Waals surface area (Å²) in [6, 6.07) is 0.778. The van der Waals surface area contributed by atoms with Crippen LogP contribution in [-0.4, -0.2) is 62.7 Å². The van der Waals surface area contributed by atoms with Gasteiger partial charge in [0.05, 0.1) is 0 Å². The van der Waals surface area contributed by atoms with Crippen LogP contribution in [0, 0.1) is 5.41 Å². The van der Waals surface area contributed by atoms with E-state index in [1.165, 1.54) is 58.4 Å². The molecule has 2 aliphatic rings. The van der Waals surface area contributed by atoms with E-state index in [1.807, 2.05) is 0 Å². The summed E-state index contributed by atoms with van der Waals surface area (Å²) in [7, 11) is 4.59. The largest absolute Gasteiger partial charge is 0.317 e. The molecule has 2 rings (SSSR count). The number of piperidine rings is 2. The Morgan fingerprint density at radius 1 is 1.35 bits per heavy atom. The number of nitrogens with zero attached hydrogens (tertiary/aromatic N) is 2. The molecular weight excluding hydrogens is 210 g/mol. The Morgan fingerprint density at radius 3 is 2.71 bits per heavy atom. The zero-order valence-electron chi connectivity index (χ0n) is 11.8. The summed E-state index contributed by atoms with van der Waals surface area (Å²) >= 11 is 0. The van der Waals surface area contributed by atoms with Crippen LogP contribution in [0.1, 0.15) is 32.6 Å². The molecule has 0 aliphatic carbocycles. The van der Waals surface area contributed by atoms with Gasteiger partial charge < -0.3 is 15.1 Å². The Morgan fingerprint density at radius 2 is 2.06 bits per heavy atom. The molecule has 1 unspecified atom stereocenters. The highest BCUT2D eigenvalue weighted by Crippen LogP contribution is 2.30. The van der Waals surface area contributed by atoms with Crippen molar-refractivity contribution in [1.29, 1.82) is 0 Å². The molecule has 0 aromatic carbocycles. The van der Waals surface area contributed by atoms with Gasteiger partial charge in [-0.05, 0) is 64.8 Å². The topological polar surface area (TPSA) is 18.5 Å². The summed E-state index contributed by atoms with van der Waals surface area (Å²) in [6.07, 6.45) is 5.42. The lowest BCUT2D eigenvalue weighted by atomic mass is 9.80. The number of likely N-dealkylation sites (N-methyl/N-ethyl adjacent to an activating group) is 2. The van der Waals surface area contributed by atoms with E-state index in [0.29, 0.717) is 5.41 Å². The Kier molecular flexibility index (Phi) is 4.45. The molecule has 0 aromatic heterocycles. The van der Waals surface area contributed by atoms with E-state index in [1.54, 1.807) is 0 Å². The second kappa shape index (κ2) is 5.68. The van der Waals surface area contributed by atoms with Gasteiger partial charge in [0.25, 0.3) is 0 Å². The van der Waals surface area contributed by atoms with E-state index in [4.69, 9.17) is 0 Å². The van der Waals surface area contributed by atoms with Crippen molar-refractivity contribution >= 4 is 0 Å². The Balaban J connectivity index is 1.84. The van der Waals surface area contributed by atoms with Crippen molar-refractivity contribution in [2.24, 2.45) is 5.41 Å². The first-order valence-electron chi connectivity index (χ1n) is 7.19. The molecule has 1 N–H and O–H groups in total. The van der Waals surface area contributed by atoms with Gasteiger partial charge in [0, 0.05) is 19.1 Å². The molecule has 1 atom stereocenters. The summed E-state index contributed by atoms with van der Waals surface area (Å²) in [5, 5.41) is 3.47. The molecule has 0 bridgehead atoms. The monoisotopic (exact) mass is 239 g/mol. The minimum Gasteiger partial charge on any atom is -0.317 e. The van der Waals surface area contributed by atoms with Crippen molar-refractivity contribution in [2.75, 3.05) is 46.8 Å². The van der Waals surface area contributed by atoms with E-state index < -0.39 is 0 Å². The second-order valence-corrected chi connectivity index (χ2v) is 6.53. The van der Waals surface area contributed by atoms with Gasteiger partial charge in [-0.1, -0.05) is 6.92 Å². The number of rotatable bonds is 3. The maximum absolute atomic E-state index is 3.47. The highest BCUT2D eigenvalue weighted by Gasteiger charge is 2.31. The van der Waals surface area contributed by atoms with E-state index in [0.717, 1.165) is 6.04 Å². The van der Waals surface area contributed by atoms with Crippen LogP contribution in [0.3, 0.4) is 0 Å². The number of hydrogen-bond donors (Lipinski definition) is 1. The molecule has 3 heteroatoms. The van der Waals surface area contributed by atoms with Gasteiger partial charge in [-0.15, -0.1) is 0 Å². The highest BCUT2D eigenvalue weighted by molar-refractivity contribution is 4.86. The summed E-state index contributed by atoms with van der Waals surface area (Å²) < 4.78 is 0. The Bertz CT molecular complexity index is 236. The quantitative estimate of drug-likeness (QED) is 0.803. The van der Waals surface area contributed by atoms with E-state index >= 15 is 0 Å². The maximum Gasteiger partial charge on any atom is 0.0220 e. The van der Waals surface area contributed by atoms with Crippen LogP contribution in [0.5, 0.6) is 0 Å². The first-order valence-corrected chi connectivity index (χ1v) is 7.19. The average Bonchev–Trinajstić information content (AvgIpc) is 2.29. The first kappa shape index (κ1) is 13.3. The molecule has 3 nitrogen and oxygen atoms in total. The van der Waals surface area contributed by atoms with Crippen LogP contribution in [0.2, 0.25) is 0 Å². The Labute approximate surface area is 107 Å². The second-order valence-electron chi connectivity index (χ2n) is 6.53. The lowest BCUT2D eigenvalue weighted by Crippen LogP contribution is -2.49. The SMILES string of the molecule is CN1CCCC(N(C)CC2(C)CCNCC2)C1. The van der Waals surface area contributed by atoms with Crippen molar-refractivity contribution in [3.63, 3.8) is 0 Å². The minimum atomic E-state index is 0.538.